The van der Waals surface area contributed by atoms with Crippen LogP contribution >= 0.6 is 30.3 Å². The van der Waals surface area contributed by atoms with Gasteiger partial charge in [-0.05, 0) is 48.5 Å². The van der Waals surface area contributed by atoms with Gasteiger partial charge in [0.25, 0.3) is 5.69 Å². The lowest BCUT2D eigenvalue weighted by Gasteiger charge is -2.18. The summed E-state index contributed by atoms with van der Waals surface area (Å²) in [6.45, 7) is 0. The van der Waals surface area contributed by atoms with Gasteiger partial charge in [0, 0.05) is 38.4 Å². The average molecular weight is 476 g/mol. The molecule has 7 nitrogen and oxygen atoms in total. The van der Waals surface area contributed by atoms with Crippen LogP contribution in [-0.2, 0) is 9.36 Å². The zero-order valence-corrected chi connectivity index (χ0v) is 18.3. The van der Waals surface area contributed by atoms with E-state index in [1.54, 1.807) is 54.6 Å². The minimum Gasteiger partial charge on any atom is -0.313 e. The molecule has 0 heterocycles. The molecule has 0 fully saturated rings. The number of non-ortho nitro benzene ring substituents is 1. The summed E-state index contributed by atoms with van der Waals surface area (Å²) < 4.78 is 13.9. The molecule has 31 heavy (non-hydrogen) atoms. The summed E-state index contributed by atoms with van der Waals surface area (Å²) in [5.41, 5.74) is 2.68. The van der Waals surface area contributed by atoms with E-state index in [9.17, 15) is 19.5 Å². The first-order valence-electron chi connectivity index (χ1n) is 8.95. The first-order chi connectivity index (χ1) is 14.8. The summed E-state index contributed by atoms with van der Waals surface area (Å²) in [4.78, 5) is 22.9. The minimum absolute atomic E-state index is 0.0924. The van der Waals surface area contributed by atoms with Gasteiger partial charge in [0.2, 0.25) is 5.91 Å². The van der Waals surface area contributed by atoms with E-state index in [4.69, 9.17) is 23.2 Å². The first-order valence-corrected chi connectivity index (χ1v) is 11.6. The Balaban J connectivity index is 1.81. The predicted molar refractivity (Wildman–Crippen MR) is 123 cm³/mol. The number of carbonyl (C=O) groups is 1. The fourth-order valence-electron chi connectivity index (χ4n) is 2.83. The van der Waals surface area contributed by atoms with E-state index in [1.165, 1.54) is 24.4 Å². The van der Waals surface area contributed by atoms with Gasteiger partial charge >= 0.3 is 0 Å². The third-order valence-electron chi connectivity index (χ3n) is 4.34. The van der Waals surface area contributed by atoms with Gasteiger partial charge in [-0.1, -0.05) is 35.3 Å². The molecule has 3 aromatic rings. The van der Waals surface area contributed by atoms with Crippen molar-refractivity contribution in [3.8, 4) is 0 Å². The van der Waals surface area contributed by atoms with E-state index in [2.05, 4.69) is 10.5 Å². The number of carbonyl (C=O) groups excluding carboxylic acids is 1. The van der Waals surface area contributed by atoms with E-state index < -0.39 is 18.0 Å². The highest BCUT2D eigenvalue weighted by atomic mass is 35.5. The SMILES string of the molecule is O=C(CP(=O)(c1ccc(Cl)cc1)c1ccc(Cl)cc1)NN=Cc1cccc([N+](=O)[O-])c1. The van der Waals surface area contributed by atoms with Crippen molar-refractivity contribution in [1.29, 1.82) is 0 Å². The molecule has 0 atom stereocenters. The molecule has 1 amide bonds. The Bertz CT molecular complexity index is 1130. The minimum atomic E-state index is -3.35. The van der Waals surface area contributed by atoms with Crippen LogP contribution in [0, 0.1) is 10.1 Å². The maximum Gasteiger partial charge on any atom is 0.270 e. The molecule has 0 radical (unpaired) electrons. The largest absolute Gasteiger partial charge is 0.313 e. The highest BCUT2D eigenvalue weighted by Gasteiger charge is 2.30. The molecule has 3 rings (SSSR count). The van der Waals surface area contributed by atoms with Gasteiger partial charge < -0.3 is 4.57 Å². The van der Waals surface area contributed by atoms with Crippen molar-refractivity contribution in [3.05, 3.63) is 98.5 Å². The third-order valence-corrected chi connectivity index (χ3v) is 7.84. The Morgan fingerprint density at radius 1 is 1.00 bits per heavy atom. The molecule has 0 spiro atoms. The standard InChI is InChI=1S/C21H16Cl2N3O4P/c22-16-4-8-19(9-5-16)31(30,20-10-6-17(23)7-11-20)14-21(27)25-24-13-15-2-1-3-18(12-15)26(28)29/h1-13H,14H2,(H,25,27). The number of halogens is 2. The predicted octanol–water partition coefficient (Wildman–Crippen LogP) is 4.37. The fraction of sp³-hybridized carbons (Fsp3) is 0.0476. The maximum atomic E-state index is 13.9. The summed E-state index contributed by atoms with van der Waals surface area (Å²) in [6.07, 6.45) is 0.947. The summed E-state index contributed by atoms with van der Waals surface area (Å²) in [7, 11) is -3.35. The van der Waals surface area contributed by atoms with Crippen LogP contribution < -0.4 is 16.0 Å². The van der Waals surface area contributed by atoms with Gasteiger partial charge in [0.1, 0.15) is 0 Å². The first kappa shape index (κ1) is 22.7. The van der Waals surface area contributed by atoms with Gasteiger partial charge in [-0.2, -0.15) is 5.10 Å². The van der Waals surface area contributed by atoms with Crippen molar-refractivity contribution in [3.63, 3.8) is 0 Å². The topological polar surface area (TPSA) is 102 Å². The fourth-order valence-corrected chi connectivity index (χ4v) is 5.48. The van der Waals surface area contributed by atoms with Crippen LogP contribution in [0.4, 0.5) is 5.69 Å². The van der Waals surface area contributed by atoms with Crippen LogP contribution in [-0.4, -0.2) is 23.2 Å². The molecule has 0 saturated carbocycles. The van der Waals surface area contributed by atoms with Gasteiger partial charge in [0.05, 0.1) is 17.3 Å². The molecule has 158 valence electrons. The van der Waals surface area contributed by atoms with Crippen LogP contribution in [0.3, 0.4) is 0 Å². The summed E-state index contributed by atoms with van der Waals surface area (Å²) in [6, 6.07) is 18.7. The van der Waals surface area contributed by atoms with E-state index in [1.807, 2.05) is 0 Å². The highest BCUT2D eigenvalue weighted by Crippen LogP contribution is 2.43. The molecule has 0 aliphatic carbocycles. The number of amides is 1. The van der Waals surface area contributed by atoms with Crippen molar-refractivity contribution >= 4 is 58.8 Å². The molecule has 3 aromatic carbocycles. The second-order valence-electron chi connectivity index (χ2n) is 6.50. The number of benzene rings is 3. The third kappa shape index (κ3) is 5.79. The van der Waals surface area contributed by atoms with E-state index in [-0.39, 0.29) is 11.8 Å². The number of hydrazone groups is 1. The Kier molecular flexibility index (Phi) is 7.23. The van der Waals surface area contributed by atoms with Crippen molar-refractivity contribution in [2.45, 2.75) is 0 Å². The lowest BCUT2D eigenvalue weighted by Crippen LogP contribution is -2.28. The van der Waals surface area contributed by atoms with Crippen molar-refractivity contribution in [2.75, 3.05) is 6.16 Å². The average Bonchev–Trinajstić information content (AvgIpc) is 2.74. The smallest absolute Gasteiger partial charge is 0.270 e. The van der Waals surface area contributed by atoms with Gasteiger partial charge in [-0.3, -0.25) is 14.9 Å². The van der Waals surface area contributed by atoms with Crippen LogP contribution in [0.1, 0.15) is 5.56 Å². The Hall–Kier alpha value is -2.99. The maximum absolute atomic E-state index is 13.9. The second kappa shape index (κ2) is 9.88. The van der Waals surface area contributed by atoms with Crippen LogP contribution in [0.5, 0.6) is 0 Å². The molecule has 0 aliphatic heterocycles. The number of nitrogens with zero attached hydrogens (tertiary/aromatic N) is 2. The lowest BCUT2D eigenvalue weighted by atomic mass is 10.2. The molecule has 0 aromatic heterocycles. The molecule has 1 N–H and O–H groups in total. The summed E-state index contributed by atoms with van der Waals surface area (Å²) in [5, 5.41) is 16.6. The lowest BCUT2D eigenvalue weighted by molar-refractivity contribution is -0.384. The van der Waals surface area contributed by atoms with Gasteiger partial charge in [0.15, 0.2) is 7.14 Å². The van der Waals surface area contributed by atoms with Crippen LogP contribution in [0.2, 0.25) is 10.0 Å². The van der Waals surface area contributed by atoms with E-state index >= 15 is 0 Å². The molecular weight excluding hydrogens is 460 g/mol. The highest BCUT2D eigenvalue weighted by molar-refractivity contribution is 7.79. The van der Waals surface area contributed by atoms with Crippen LogP contribution in [0.15, 0.2) is 77.9 Å². The second-order valence-corrected chi connectivity index (χ2v) is 10.2. The molecule has 0 aliphatic rings. The molecule has 0 unspecified atom stereocenters. The van der Waals surface area contributed by atoms with Gasteiger partial charge in [-0.25, -0.2) is 5.43 Å². The van der Waals surface area contributed by atoms with Crippen LogP contribution in [0.25, 0.3) is 0 Å². The zero-order chi connectivity index (χ0) is 22.4. The summed E-state index contributed by atoms with van der Waals surface area (Å²) >= 11 is 11.9. The van der Waals surface area contributed by atoms with Crippen molar-refractivity contribution in [2.24, 2.45) is 5.10 Å². The number of rotatable bonds is 7. The number of hydrogen-bond acceptors (Lipinski definition) is 5. The van der Waals surface area contributed by atoms with E-state index in [0.29, 0.717) is 26.2 Å². The van der Waals surface area contributed by atoms with E-state index in [0.717, 1.165) is 0 Å². The molecule has 0 saturated heterocycles. The molecule has 0 bridgehead atoms. The van der Waals surface area contributed by atoms with Crippen molar-refractivity contribution in [1.82, 2.24) is 5.43 Å². The quantitative estimate of drug-likeness (QED) is 0.237. The molecular formula is C21H16Cl2N3O4P. The monoisotopic (exact) mass is 475 g/mol. The zero-order valence-electron chi connectivity index (χ0n) is 15.9. The Labute approximate surface area is 188 Å². The normalized spacial score (nSPS) is 11.4. The number of nitro groups is 1. The van der Waals surface area contributed by atoms with Crippen molar-refractivity contribution < 1.29 is 14.3 Å². The number of nitro benzene ring substituents is 1. The summed E-state index contributed by atoms with van der Waals surface area (Å²) in [5.74, 6) is -0.574. The Morgan fingerprint density at radius 2 is 1.55 bits per heavy atom. The number of hydrogen-bond donors (Lipinski definition) is 1. The molecule has 10 heteroatoms. The van der Waals surface area contributed by atoms with Gasteiger partial charge in [-0.15, -0.1) is 0 Å². The Morgan fingerprint density at radius 3 is 2.06 bits per heavy atom. The number of nitrogens with one attached hydrogen (secondary N) is 1.